The van der Waals surface area contributed by atoms with Gasteiger partial charge >= 0.3 is 0 Å². The van der Waals surface area contributed by atoms with E-state index in [1.165, 1.54) is 66.4 Å². The van der Waals surface area contributed by atoms with Crippen LogP contribution >= 0.6 is 0 Å². The third-order valence-electron chi connectivity index (χ3n) is 5.50. The van der Waals surface area contributed by atoms with Crippen molar-refractivity contribution in [3.63, 3.8) is 0 Å². The second-order valence-corrected chi connectivity index (χ2v) is 7.56. The number of rotatable bonds is 10. The number of allylic oxidation sites excluding steroid dienone is 1. The molecule has 0 saturated carbocycles. The van der Waals surface area contributed by atoms with Crippen molar-refractivity contribution in [2.75, 3.05) is 0 Å². The Morgan fingerprint density at radius 3 is 2.25 bits per heavy atom. The Morgan fingerprint density at radius 1 is 1.08 bits per heavy atom. The zero-order valence-electron chi connectivity index (χ0n) is 16.9. The van der Waals surface area contributed by atoms with E-state index in [0.29, 0.717) is 0 Å². The van der Waals surface area contributed by atoms with Crippen LogP contribution in [0.1, 0.15) is 88.5 Å². The lowest BCUT2D eigenvalue weighted by Gasteiger charge is -2.23. The molecule has 0 radical (unpaired) electrons. The molecule has 1 atom stereocenters. The summed E-state index contributed by atoms with van der Waals surface area (Å²) < 4.78 is 0. The minimum Gasteiger partial charge on any atom is -0.0985 e. The van der Waals surface area contributed by atoms with Crippen molar-refractivity contribution in [2.24, 2.45) is 11.8 Å². The van der Waals surface area contributed by atoms with Crippen LogP contribution in [0.4, 0.5) is 0 Å². The van der Waals surface area contributed by atoms with Crippen molar-refractivity contribution in [1.82, 2.24) is 0 Å². The number of hydrogen-bond acceptors (Lipinski definition) is 0. The first-order valence-electron chi connectivity index (χ1n) is 9.84. The van der Waals surface area contributed by atoms with Gasteiger partial charge in [0.15, 0.2) is 0 Å². The van der Waals surface area contributed by atoms with Crippen LogP contribution in [0.2, 0.25) is 0 Å². The van der Waals surface area contributed by atoms with Gasteiger partial charge in [-0.15, -0.1) is 0 Å². The summed E-state index contributed by atoms with van der Waals surface area (Å²) in [5, 5.41) is 0. The molecule has 0 amide bonds. The molecule has 0 heterocycles. The fourth-order valence-electron chi connectivity index (χ4n) is 3.79. The number of hydrogen-bond donors (Lipinski definition) is 0. The van der Waals surface area contributed by atoms with Crippen LogP contribution in [0, 0.1) is 25.7 Å². The smallest absolute Gasteiger partial charge is 0.0193 e. The van der Waals surface area contributed by atoms with E-state index in [4.69, 9.17) is 0 Å². The fraction of sp³-hybridized carbons (Fsp3) is 0.583. The van der Waals surface area contributed by atoms with Gasteiger partial charge in [0.05, 0.1) is 0 Å². The summed E-state index contributed by atoms with van der Waals surface area (Å²) in [6, 6.07) is 4.39. The third kappa shape index (κ3) is 5.96. The second-order valence-electron chi connectivity index (χ2n) is 7.56. The summed E-state index contributed by atoms with van der Waals surface area (Å²) in [5.41, 5.74) is 6.85. The minimum absolute atomic E-state index is 0.829. The maximum Gasteiger partial charge on any atom is -0.0193 e. The quantitative estimate of drug-likeness (QED) is 0.409. The van der Waals surface area contributed by atoms with E-state index in [2.05, 4.69) is 66.3 Å². The average molecular weight is 327 g/mol. The van der Waals surface area contributed by atoms with Crippen LogP contribution in [-0.4, -0.2) is 0 Å². The van der Waals surface area contributed by atoms with Crippen molar-refractivity contribution in [2.45, 2.75) is 80.1 Å². The Bertz CT molecular complexity index is 541. The highest BCUT2D eigenvalue weighted by atomic mass is 14.2. The molecular formula is C24H38. The maximum absolute atomic E-state index is 3.93. The van der Waals surface area contributed by atoms with Gasteiger partial charge in [-0.05, 0) is 67.7 Å². The Balaban J connectivity index is 2.79. The average Bonchev–Trinajstić information content (AvgIpc) is 2.56. The molecule has 0 spiro atoms. The molecule has 0 fully saturated rings. The molecule has 0 saturated heterocycles. The van der Waals surface area contributed by atoms with Crippen LogP contribution in [0.25, 0.3) is 12.2 Å². The summed E-state index contributed by atoms with van der Waals surface area (Å²) in [6.45, 7) is 17.7. The van der Waals surface area contributed by atoms with Crippen LogP contribution in [0.5, 0.6) is 0 Å². The lowest BCUT2D eigenvalue weighted by molar-refractivity contribution is 0.294. The van der Waals surface area contributed by atoms with E-state index < -0.39 is 0 Å². The van der Waals surface area contributed by atoms with Crippen molar-refractivity contribution >= 4 is 12.2 Å². The highest BCUT2D eigenvalue weighted by Gasteiger charge is 2.15. The molecule has 1 unspecified atom stereocenters. The van der Waals surface area contributed by atoms with Gasteiger partial charge in [-0.3, -0.25) is 0 Å². The Labute approximate surface area is 151 Å². The van der Waals surface area contributed by atoms with Gasteiger partial charge in [-0.25, -0.2) is 0 Å². The van der Waals surface area contributed by atoms with Crippen molar-refractivity contribution < 1.29 is 0 Å². The van der Waals surface area contributed by atoms with E-state index >= 15 is 0 Å². The molecule has 0 aliphatic rings. The normalized spacial score (nSPS) is 13.4. The van der Waals surface area contributed by atoms with Gasteiger partial charge in [0.2, 0.25) is 0 Å². The van der Waals surface area contributed by atoms with Crippen LogP contribution < -0.4 is 0 Å². The molecule has 0 nitrogen and oxygen atoms in total. The van der Waals surface area contributed by atoms with Crippen LogP contribution in [-0.2, 0) is 0 Å². The van der Waals surface area contributed by atoms with Crippen molar-refractivity contribution in [1.29, 1.82) is 0 Å². The summed E-state index contributed by atoms with van der Waals surface area (Å²) >= 11 is 0. The second kappa shape index (κ2) is 10.5. The van der Waals surface area contributed by atoms with E-state index in [9.17, 15) is 0 Å². The molecule has 134 valence electrons. The van der Waals surface area contributed by atoms with Gasteiger partial charge in [0.25, 0.3) is 0 Å². The van der Waals surface area contributed by atoms with E-state index in [1.807, 2.05) is 6.08 Å². The summed E-state index contributed by atoms with van der Waals surface area (Å²) in [4.78, 5) is 0. The van der Waals surface area contributed by atoms with Gasteiger partial charge in [0.1, 0.15) is 0 Å². The molecule has 24 heavy (non-hydrogen) atoms. The predicted molar refractivity (Wildman–Crippen MR) is 111 cm³/mol. The zero-order chi connectivity index (χ0) is 18.1. The Hall–Kier alpha value is -1.30. The summed E-state index contributed by atoms with van der Waals surface area (Å²) in [5.74, 6) is 1.73. The third-order valence-corrected chi connectivity index (χ3v) is 5.50. The Morgan fingerprint density at radius 2 is 1.71 bits per heavy atom. The summed E-state index contributed by atoms with van der Waals surface area (Å²) in [6.07, 6.45) is 12.3. The first kappa shape index (κ1) is 20.7. The standard InChI is InChI=1S/C24H38/c1-8-11-23(12-9-2)19(5)14-13-18(4)17-24-20(6)15-16-22(10-3)21(24)7/h10,15-17,19,23H,3,8-9,11-14H2,1-2,4-7H3/b18-17-. The highest BCUT2D eigenvalue weighted by Crippen LogP contribution is 2.29. The molecule has 0 aliphatic carbocycles. The number of benzene rings is 1. The topological polar surface area (TPSA) is 0 Å². The predicted octanol–water partition coefficient (Wildman–Crippen LogP) is 7.98. The van der Waals surface area contributed by atoms with Crippen LogP contribution in [0.15, 0.2) is 24.3 Å². The lowest BCUT2D eigenvalue weighted by Crippen LogP contribution is -2.11. The first-order valence-corrected chi connectivity index (χ1v) is 9.84. The van der Waals surface area contributed by atoms with E-state index in [-0.39, 0.29) is 0 Å². The molecule has 0 aliphatic heterocycles. The molecular weight excluding hydrogens is 288 g/mol. The SMILES string of the molecule is C=Cc1ccc(C)c(/C=C(/C)CCC(C)C(CCC)CCC)c1C. The molecule has 1 rings (SSSR count). The molecule has 0 N–H and O–H groups in total. The number of aryl methyl sites for hydroxylation is 1. The zero-order valence-corrected chi connectivity index (χ0v) is 16.9. The van der Waals surface area contributed by atoms with Gasteiger partial charge in [-0.1, -0.05) is 82.9 Å². The fourth-order valence-corrected chi connectivity index (χ4v) is 3.79. The first-order chi connectivity index (χ1) is 11.4. The Kier molecular flexibility index (Phi) is 9.11. The molecule has 0 heteroatoms. The van der Waals surface area contributed by atoms with Gasteiger partial charge in [0, 0.05) is 0 Å². The van der Waals surface area contributed by atoms with Crippen LogP contribution in [0.3, 0.4) is 0 Å². The molecule has 1 aromatic carbocycles. The summed E-state index contributed by atoms with van der Waals surface area (Å²) in [7, 11) is 0. The van der Waals surface area contributed by atoms with Gasteiger partial charge in [-0.2, -0.15) is 0 Å². The lowest BCUT2D eigenvalue weighted by atomic mass is 9.83. The van der Waals surface area contributed by atoms with E-state index in [1.54, 1.807) is 0 Å². The van der Waals surface area contributed by atoms with Gasteiger partial charge < -0.3 is 0 Å². The van der Waals surface area contributed by atoms with Crippen molar-refractivity contribution in [3.05, 3.63) is 46.5 Å². The molecule has 1 aromatic rings. The van der Waals surface area contributed by atoms with E-state index in [0.717, 1.165) is 11.8 Å². The molecule has 0 bridgehead atoms. The maximum atomic E-state index is 3.93. The highest BCUT2D eigenvalue weighted by molar-refractivity contribution is 5.66. The minimum atomic E-state index is 0.829. The molecule has 0 aromatic heterocycles. The monoisotopic (exact) mass is 326 g/mol. The van der Waals surface area contributed by atoms with Crippen molar-refractivity contribution in [3.8, 4) is 0 Å². The largest absolute Gasteiger partial charge is 0.0985 e.